The van der Waals surface area contributed by atoms with E-state index in [4.69, 9.17) is 4.74 Å². The van der Waals surface area contributed by atoms with Gasteiger partial charge in [-0.1, -0.05) is 46.3 Å². The lowest BCUT2D eigenvalue weighted by atomic mass is 10.2. The first-order chi connectivity index (χ1) is 12.1. The highest BCUT2D eigenvalue weighted by atomic mass is 79.9. The molecule has 0 aromatic heterocycles. The summed E-state index contributed by atoms with van der Waals surface area (Å²) in [6, 6.07) is 16.2. The molecule has 0 bridgehead atoms. The van der Waals surface area contributed by atoms with Crippen molar-refractivity contribution in [3.63, 3.8) is 0 Å². The Hall–Kier alpha value is -1.85. The largest absolute Gasteiger partial charge is 0.484 e. The van der Waals surface area contributed by atoms with Gasteiger partial charge in [-0.05, 0) is 36.2 Å². The van der Waals surface area contributed by atoms with Crippen molar-refractivity contribution in [1.29, 1.82) is 0 Å². The highest BCUT2D eigenvalue weighted by molar-refractivity contribution is 9.10. The fourth-order valence-electron chi connectivity index (χ4n) is 2.95. The summed E-state index contributed by atoms with van der Waals surface area (Å²) in [5.41, 5.74) is 2.35. The normalized spacial score (nSPS) is 15.2. The van der Waals surface area contributed by atoms with Gasteiger partial charge in [-0.3, -0.25) is 9.69 Å². The molecular weight excluding hydrogens is 380 g/mol. The SMILES string of the molecule is Cc1ccccc1OCC(=O)N1CCN(Cc2ccc(Br)cc2)CC1. The molecule has 0 aliphatic carbocycles. The topological polar surface area (TPSA) is 32.8 Å². The minimum atomic E-state index is 0.0616. The lowest BCUT2D eigenvalue weighted by molar-refractivity contribution is -0.135. The number of ether oxygens (including phenoxy) is 1. The predicted octanol–water partition coefficient (Wildman–Crippen LogP) is 3.48. The monoisotopic (exact) mass is 402 g/mol. The number of hydrogen-bond donors (Lipinski definition) is 0. The second-order valence-corrected chi connectivity index (χ2v) is 7.25. The Balaban J connectivity index is 1.44. The quantitative estimate of drug-likeness (QED) is 0.767. The number of rotatable bonds is 5. The summed E-state index contributed by atoms with van der Waals surface area (Å²) in [5.74, 6) is 0.844. The maximum Gasteiger partial charge on any atom is 0.260 e. The van der Waals surface area contributed by atoms with Crippen LogP contribution in [-0.4, -0.2) is 48.5 Å². The number of carbonyl (C=O) groups excluding carboxylic acids is 1. The first-order valence-corrected chi connectivity index (χ1v) is 9.34. The van der Waals surface area contributed by atoms with E-state index in [2.05, 4.69) is 45.1 Å². The Morgan fingerprint density at radius 3 is 2.40 bits per heavy atom. The summed E-state index contributed by atoms with van der Waals surface area (Å²) in [7, 11) is 0. The average molecular weight is 403 g/mol. The Labute approximate surface area is 157 Å². The number of piperazine rings is 1. The summed E-state index contributed by atoms with van der Waals surface area (Å²) in [6.07, 6.45) is 0. The molecule has 2 aromatic carbocycles. The van der Waals surface area contributed by atoms with Crippen LogP contribution < -0.4 is 4.74 Å². The van der Waals surface area contributed by atoms with E-state index in [1.54, 1.807) is 0 Å². The molecule has 0 unspecified atom stereocenters. The Morgan fingerprint density at radius 1 is 1.04 bits per heavy atom. The first-order valence-electron chi connectivity index (χ1n) is 8.55. The van der Waals surface area contributed by atoms with Crippen LogP contribution in [-0.2, 0) is 11.3 Å². The minimum Gasteiger partial charge on any atom is -0.484 e. The number of amides is 1. The van der Waals surface area contributed by atoms with Gasteiger partial charge in [0.2, 0.25) is 0 Å². The van der Waals surface area contributed by atoms with Gasteiger partial charge in [0, 0.05) is 37.2 Å². The van der Waals surface area contributed by atoms with Gasteiger partial charge >= 0.3 is 0 Å². The van der Waals surface area contributed by atoms with E-state index in [0.717, 1.165) is 48.5 Å². The molecule has 0 radical (unpaired) electrons. The fourth-order valence-corrected chi connectivity index (χ4v) is 3.22. The summed E-state index contributed by atoms with van der Waals surface area (Å²) in [4.78, 5) is 16.6. The zero-order valence-electron chi connectivity index (χ0n) is 14.5. The molecule has 25 heavy (non-hydrogen) atoms. The van der Waals surface area contributed by atoms with Crippen LogP contribution in [0.15, 0.2) is 53.0 Å². The van der Waals surface area contributed by atoms with Crippen molar-refractivity contribution in [2.24, 2.45) is 0 Å². The number of aryl methyl sites for hydroxylation is 1. The van der Waals surface area contributed by atoms with Gasteiger partial charge < -0.3 is 9.64 Å². The number of para-hydroxylation sites is 1. The van der Waals surface area contributed by atoms with Crippen LogP contribution in [0.25, 0.3) is 0 Å². The number of benzene rings is 2. The third-order valence-electron chi connectivity index (χ3n) is 4.49. The molecule has 0 N–H and O–H groups in total. The van der Waals surface area contributed by atoms with Crippen molar-refractivity contribution < 1.29 is 9.53 Å². The van der Waals surface area contributed by atoms with Crippen molar-refractivity contribution in [3.05, 3.63) is 64.1 Å². The molecule has 0 spiro atoms. The molecule has 2 aromatic rings. The van der Waals surface area contributed by atoms with Gasteiger partial charge in [0.15, 0.2) is 6.61 Å². The highest BCUT2D eigenvalue weighted by Gasteiger charge is 2.21. The molecule has 4 nitrogen and oxygen atoms in total. The van der Waals surface area contributed by atoms with E-state index in [0.29, 0.717) is 0 Å². The predicted molar refractivity (Wildman–Crippen MR) is 103 cm³/mol. The molecule has 1 fully saturated rings. The van der Waals surface area contributed by atoms with Crippen LogP contribution >= 0.6 is 15.9 Å². The third kappa shape index (κ3) is 5.06. The van der Waals surface area contributed by atoms with Gasteiger partial charge in [-0.25, -0.2) is 0 Å². The maximum atomic E-state index is 12.4. The van der Waals surface area contributed by atoms with E-state index in [-0.39, 0.29) is 12.5 Å². The standard InChI is InChI=1S/C20H23BrN2O2/c1-16-4-2-3-5-19(16)25-15-20(24)23-12-10-22(11-13-23)14-17-6-8-18(21)9-7-17/h2-9H,10-15H2,1H3. The van der Waals surface area contributed by atoms with Gasteiger partial charge in [0.05, 0.1) is 0 Å². The Morgan fingerprint density at radius 2 is 1.72 bits per heavy atom. The molecule has 1 saturated heterocycles. The van der Waals surface area contributed by atoms with Crippen molar-refractivity contribution >= 4 is 21.8 Å². The summed E-state index contributed by atoms with van der Waals surface area (Å²) >= 11 is 3.46. The van der Waals surface area contributed by atoms with Crippen LogP contribution in [0.5, 0.6) is 5.75 Å². The second-order valence-electron chi connectivity index (χ2n) is 6.34. The Kier molecular flexibility index (Phi) is 6.10. The molecule has 0 saturated carbocycles. The van der Waals surface area contributed by atoms with Crippen LogP contribution in [0.1, 0.15) is 11.1 Å². The van der Waals surface area contributed by atoms with Crippen LogP contribution in [0.3, 0.4) is 0 Å². The molecule has 3 rings (SSSR count). The molecular formula is C20H23BrN2O2. The first kappa shape index (κ1) is 18.0. The van der Waals surface area contributed by atoms with Crippen molar-refractivity contribution in [3.8, 4) is 5.75 Å². The van der Waals surface area contributed by atoms with Gasteiger partial charge in [0.1, 0.15) is 5.75 Å². The van der Waals surface area contributed by atoms with E-state index in [9.17, 15) is 4.79 Å². The molecule has 5 heteroatoms. The minimum absolute atomic E-state index is 0.0616. The van der Waals surface area contributed by atoms with Crippen molar-refractivity contribution in [1.82, 2.24) is 9.80 Å². The van der Waals surface area contributed by atoms with Crippen LogP contribution in [0.4, 0.5) is 0 Å². The smallest absolute Gasteiger partial charge is 0.260 e. The van der Waals surface area contributed by atoms with Gasteiger partial charge in [-0.15, -0.1) is 0 Å². The highest BCUT2D eigenvalue weighted by Crippen LogP contribution is 2.17. The van der Waals surface area contributed by atoms with E-state index in [1.165, 1.54) is 5.56 Å². The van der Waals surface area contributed by atoms with Crippen molar-refractivity contribution in [2.45, 2.75) is 13.5 Å². The molecule has 1 heterocycles. The number of halogens is 1. The maximum absolute atomic E-state index is 12.4. The molecule has 132 valence electrons. The molecule has 0 atom stereocenters. The van der Waals surface area contributed by atoms with Crippen LogP contribution in [0.2, 0.25) is 0 Å². The average Bonchev–Trinajstić information content (AvgIpc) is 2.63. The Bertz CT molecular complexity index is 710. The lowest BCUT2D eigenvalue weighted by Crippen LogP contribution is -2.49. The number of carbonyl (C=O) groups is 1. The summed E-state index contributed by atoms with van der Waals surface area (Å²) in [6.45, 7) is 6.32. The molecule has 1 aliphatic rings. The van der Waals surface area contributed by atoms with E-state index < -0.39 is 0 Å². The van der Waals surface area contributed by atoms with E-state index in [1.807, 2.05) is 36.1 Å². The summed E-state index contributed by atoms with van der Waals surface area (Å²) < 4.78 is 6.77. The third-order valence-corrected chi connectivity index (χ3v) is 5.02. The number of nitrogens with zero attached hydrogens (tertiary/aromatic N) is 2. The fraction of sp³-hybridized carbons (Fsp3) is 0.350. The zero-order valence-corrected chi connectivity index (χ0v) is 16.0. The molecule has 1 amide bonds. The van der Waals surface area contributed by atoms with Crippen LogP contribution in [0, 0.1) is 6.92 Å². The van der Waals surface area contributed by atoms with Gasteiger partial charge in [0.25, 0.3) is 5.91 Å². The summed E-state index contributed by atoms with van der Waals surface area (Å²) in [5, 5.41) is 0. The second kappa shape index (κ2) is 8.50. The van der Waals surface area contributed by atoms with E-state index >= 15 is 0 Å². The lowest BCUT2D eigenvalue weighted by Gasteiger charge is -2.34. The number of hydrogen-bond acceptors (Lipinski definition) is 3. The molecule has 1 aliphatic heterocycles. The zero-order chi connectivity index (χ0) is 17.6. The van der Waals surface area contributed by atoms with Gasteiger partial charge in [-0.2, -0.15) is 0 Å². The van der Waals surface area contributed by atoms with Crippen molar-refractivity contribution in [2.75, 3.05) is 32.8 Å².